The molecule has 0 radical (unpaired) electrons. The molecule has 0 heterocycles. The maximum atomic E-state index is 14.0. The molecular formula is C14H16F2O2. The predicted molar refractivity (Wildman–Crippen MR) is 63.7 cm³/mol. The van der Waals surface area contributed by atoms with Crippen molar-refractivity contribution in [2.75, 3.05) is 0 Å². The summed E-state index contributed by atoms with van der Waals surface area (Å²) in [7, 11) is 0. The first-order chi connectivity index (χ1) is 8.54. The number of halogens is 2. The lowest BCUT2D eigenvalue weighted by atomic mass is 9.80. The van der Waals surface area contributed by atoms with Gasteiger partial charge in [0.25, 0.3) is 0 Å². The van der Waals surface area contributed by atoms with Gasteiger partial charge in [-0.15, -0.1) is 0 Å². The summed E-state index contributed by atoms with van der Waals surface area (Å²) in [5.41, 5.74) is 0.212. The molecule has 1 N–H and O–H groups in total. The van der Waals surface area contributed by atoms with Crippen molar-refractivity contribution in [3.05, 3.63) is 34.4 Å². The topological polar surface area (TPSA) is 37.3 Å². The van der Waals surface area contributed by atoms with E-state index in [4.69, 9.17) is 5.11 Å². The fourth-order valence-electron chi connectivity index (χ4n) is 2.77. The highest BCUT2D eigenvalue weighted by Gasteiger charge is 2.27. The Morgan fingerprint density at radius 1 is 1.50 bits per heavy atom. The van der Waals surface area contributed by atoms with E-state index in [9.17, 15) is 13.6 Å². The molecule has 0 bridgehead atoms. The molecule has 0 spiro atoms. The molecule has 0 saturated heterocycles. The van der Waals surface area contributed by atoms with Gasteiger partial charge in [-0.2, -0.15) is 0 Å². The van der Waals surface area contributed by atoms with Gasteiger partial charge in [-0.05, 0) is 42.4 Å². The monoisotopic (exact) mass is 254 g/mol. The van der Waals surface area contributed by atoms with Crippen molar-refractivity contribution < 1.29 is 18.7 Å². The SMILES string of the molecule is CCCC1CCc2c(cc(F)c(C(=O)O)c2F)C1. The molecule has 1 atom stereocenters. The zero-order valence-corrected chi connectivity index (χ0v) is 10.3. The first kappa shape index (κ1) is 13.0. The quantitative estimate of drug-likeness (QED) is 0.895. The van der Waals surface area contributed by atoms with Crippen LogP contribution in [-0.4, -0.2) is 11.1 Å². The molecule has 2 nitrogen and oxygen atoms in total. The standard InChI is InChI=1S/C14H16F2O2/c1-2-3-8-4-5-10-9(6-8)7-11(15)12(13(10)16)14(17)18/h7-8H,2-6H2,1H3,(H,17,18). The van der Waals surface area contributed by atoms with Gasteiger partial charge >= 0.3 is 5.97 Å². The van der Waals surface area contributed by atoms with Gasteiger partial charge in [0.1, 0.15) is 17.2 Å². The van der Waals surface area contributed by atoms with Crippen molar-refractivity contribution in [1.82, 2.24) is 0 Å². The minimum atomic E-state index is -1.54. The van der Waals surface area contributed by atoms with Gasteiger partial charge in [0.15, 0.2) is 0 Å². The fraction of sp³-hybridized carbons (Fsp3) is 0.500. The smallest absolute Gasteiger partial charge is 0.341 e. The van der Waals surface area contributed by atoms with Crippen LogP contribution < -0.4 is 0 Å². The van der Waals surface area contributed by atoms with E-state index in [-0.39, 0.29) is 0 Å². The van der Waals surface area contributed by atoms with E-state index in [0.29, 0.717) is 29.9 Å². The third-order valence-corrected chi connectivity index (χ3v) is 3.63. The molecule has 1 aliphatic rings. The van der Waals surface area contributed by atoms with Crippen molar-refractivity contribution in [2.45, 2.75) is 39.0 Å². The maximum Gasteiger partial charge on any atom is 0.341 e. The first-order valence-electron chi connectivity index (χ1n) is 6.27. The number of fused-ring (bicyclic) bond motifs is 1. The van der Waals surface area contributed by atoms with Crippen LogP contribution >= 0.6 is 0 Å². The van der Waals surface area contributed by atoms with Crippen LogP contribution in [0, 0.1) is 17.6 Å². The van der Waals surface area contributed by atoms with Gasteiger partial charge in [-0.1, -0.05) is 19.8 Å². The molecule has 18 heavy (non-hydrogen) atoms. The number of carboxylic acid groups (broad SMARTS) is 1. The number of aromatic carboxylic acids is 1. The summed E-state index contributed by atoms with van der Waals surface area (Å²) >= 11 is 0. The Labute approximate surface area is 105 Å². The number of rotatable bonds is 3. The molecule has 1 aromatic carbocycles. The fourth-order valence-corrected chi connectivity index (χ4v) is 2.77. The predicted octanol–water partition coefficient (Wildman–Crippen LogP) is 3.57. The molecule has 98 valence electrons. The van der Waals surface area contributed by atoms with E-state index in [0.717, 1.165) is 19.3 Å². The van der Waals surface area contributed by atoms with Crippen LogP contribution in [0.3, 0.4) is 0 Å². The number of carbonyl (C=O) groups is 1. The average molecular weight is 254 g/mol. The Balaban J connectivity index is 2.40. The molecule has 0 aromatic heterocycles. The lowest BCUT2D eigenvalue weighted by Gasteiger charge is -2.25. The highest BCUT2D eigenvalue weighted by atomic mass is 19.1. The number of benzene rings is 1. The second-order valence-corrected chi connectivity index (χ2v) is 4.89. The minimum absolute atomic E-state index is 0.390. The molecule has 1 aromatic rings. The lowest BCUT2D eigenvalue weighted by Crippen LogP contribution is -2.18. The molecule has 2 rings (SSSR count). The lowest BCUT2D eigenvalue weighted by molar-refractivity contribution is 0.0686. The Hall–Kier alpha value is -1.45. The summed E-state index contributed by atoms with van der Waals surface area (Å²) in [6, 6.07) is 1.20. The largest absolute Gasteiger partial charge is 0.477 e. The average Bonchev–Trinajstić information content (AvgIpc) is 2.28. The molecule has 1 unspecified atom stereocenters. The highest BCUT2D eigenvalue weighted by Crippen LogP contribution is 2.32. The van der Waals surface area contributed by atoms with Gasteiger partial charge in [0, 0.05) is 0 Å². The third kappa shape index (κ3) is 2.24. The Kier molecular flexibility index (Phi) is 3.64. The van der Waals surface area contributed by atoms with E-state index in [1.54, 1.807) is 0 Å². The molecule has 4 heteroatoms. The third-order valence-electron chi connectivity index (χ3n) is 3.63. The van der Waals surface area contributed by atoms with Gasteiger partial charge in [0.2, 0.25) is 0 Å². The molecule has 0 fully saturated rings. The van der Waals surface area contributed by atoms with Gasteiger partial charge in [-0.25, -0.2) is 13.6 Å². The van der Waals surface area contributed by atoms with Crippen LogP contribution in [0.5, 0.6) is 0 Å². The number of carboxylic acids is 1. The van der Waals surface area contributed by atoms with Crippen LogP contribution in [-0.2, 0) is 12.8 Å². The van der Waals surface area contributed by atoms with Gasteiger partial charge < -0.3 is 5.11 Å². The van der Waals surface area contributed by atoms with Crippen LogP contribution in [0.1, 0.15) is 47.7 Å². The molecule has 0 saturated carbocycles. The van der Waals surface area contributed by atoms with Crippen LogP contribution in [0.15, 0.2) is 6.07 Å². The van der Waals surface area contributed by atoms with Crippen molar-refractivity contribution in [3.63, 3.8) is 0 Å². The molecule has 0 amide bonds. The number of hydrogen-bond donors (Lipinski definition) is 1. The van der Waals surface area contributed by atoms with Crippen LogP contribution in [0.25, 0.3) is 0 Å². The van der Waals surface area contributed by atoms with E-state index in [2.05, 4.69) is 6.92 Å². The van der Waals surface area contributed by atoms with Crippen molar-refractivity contribution >= 4 is 5.97 Å². The van der Waals surface area contributed by atoms with Crippen LogP contribution in [0.2, 0.25) is 0 Å². The second kappa shape index (κ2) is 5.04. The molecule has 0 aliphatic heterocycles. The number of hydrogen-bond acceptors (Lipinski definition) is 1. The zero-order valence-electron chi connectivity index (χ0n) is 10.3. The Morgan fingerprint density at radius 3 is 2.83 bits per heavy atom. The van der Waals surface area contributed by atoms with E-state index >= 15 is 0 Å². The second-order valence-electron chi connectivity index (χ2n) is 4.89. The van der Waals surface area contributed by atoms with E-state index in [1.165, 1.54) is 6.07 Å². The van der Waals surface area contributed by atoms with Crippen LogP contribution in [0.4, 0.5) is 8.78 Å². The van der Waals surface area contributed by atoms with E-state index in [1.807, 2.05) is 0 Å². The minimum Gasteiger partial charge on any atom is -0.477 e. The molecular weight excluding hydrogens is 238 g/mol. The Morgan fingerprint density at radius 2 is 2.22 bits per heavy atom. The normalized spacial score (nSPS) is 18.5. The van der Waals surface area contributed by atoms with Gasteiger partial charge in [0.05, 0.1) is 0 Å². The Bertz CT molecular complexity index is 483. The maximum absolute atomic E-state index is 14.0. The summed E-state index contributed by atoms with van der Waals surface area (Å²) in [6.45, 7) is 2.09. The van der Waals surface area contributed by atoms with E-state index < -0.39 is 23.2 Å². The highest BCUT2D eigenvalue weighted by molar-refractivity contribution is 5.88. The first-order valence-corrected chi connectivity index (χ1v) is 6.27. The van der Waals surface area contributed by atoms with Crippen molar-refractivity contribution in [1.29, 1.82) is 0 Å². The molecule has 1 aliphatic carbocycles. The summed E-state index contributed by atoms with van der Waals surface area (Å²) in [6.07, 6.45) is 4.10. The summed E-state index contributed by atoms with van der Waals surface area (Å²) < 4.78 is 27.5. The zero-order chi connectivity index (χ0) is 13.3. The summed E-state index contributed by atoms with van der Waals surface area (Å²) in [5.74, 6) is -2.93. The summed E-state index contributed by atoms with van der Waals surface area (Å²) in [4.78, 5) is 10.8. The van der Waals surface area contributed by atoms with Crippen molar-refractivity contribution in [3.8, 4) is 0 Å². The van der Waals surface area contributed by atoms with Crippen molar-refractivity contribution in [2.24, 2.45) is 5.92 Å². The van der Waals surface area contributed by atoms with Gasteiger partial charge in [-0.3, -0.25) is 0 Å². The summed E-state index contributed by atoms with van der Waals surface area (Å²) in [5, 5.41) is 8.80.